The number of carbonyl (C=O) groups is 1. The summed E-state index contributed by atoms with van der Waals surface area (Å²) >= 11 is 0. The van der Waals surface area contributed by atoms with Crippen molar-refractivity contribution in [2.45, 2.75) is 76.5 Å². The molecule has 28 heavy (non-hydrogen) atoms. The third-order valence-electron chi connectivity index (χ3n) is 6.09. The summed E-state index contributed by atoms with van der Waals surface area (Å²) in [4.78, 5) is 15.5. The van der Waals surface area contributed by atoms with Crippen molar-refractivity contribution in [1.82, 2.24) is 30.4 Å². The Hall–Kier alpha value is -2.28. The van der Waals surface area contributed by atoms with Crippen LogP contribution in [0.4, 0.5) is 0 Å². The number of aromatic nitrogens is 4. The Morgan fingerprint density at radius 3 is 2.75 bits per heavy atom. The lowest BCUT2D eigenvalue weighted by atomic mass is 10.1. The van der Waals surface area contributed by atoms with Gasteiger partial charge in [0.2, 0.25) is 5.91 Å². The van der Waals surface area contributed by atoms with Crippen LogP contribution in [0.3, 0.4) is 0 Å². The standard InChI is InChI=1S/C21H30N6O/c1-16-7-6-8-17(11-16)13-26-14-19(27-15-22-24-25-27)12-20(26)21(28)23-18-9-4-2-3-5-10-18/h6-8,11,15,18-20H,2-5,9-10,12-14H2,1H3,(H,23,28)/t19-,20+/m1/s1. The van der Waals surface area contributed by atoms with Crippen molar-refractivity contribution in [3.8, 4) is 0 Å². The van der Waals surface area contributed by atoms with E-state index in [0.717, 1.165) is 32.4 Å². The summed E-state index contributed by atoms with van der Waals surface area (Å²) in [6.07, 6.45) is 9.62. The average Bonchev–Trinajstić information content (AvgIpc) is 3.28. The smallest absolute Gasteiger partial charge is 0.237 e. The number of hydrogen-bond acceptors (Lipinski definition) is 5. The van der Waals surface area contributed by atoms with Crippen molar-refractivity contribution >= 4 is 5.91 Å². The molecule has 2 aromatic rings. The second-order valence-corrected chi connectivity index (χ2v) is 8.31. The first-order chi connectivity index (χ1) is 13.7. The highest BCUT2D eigenvalue weighted by Gasteiger charge is 2.38. The molecule has 0 bridgehead atoms. The fraction of sp³-hybridized carbons (Fsp3) is 0.619. The van der Waals surface area contributed by atoms with Gasteiger partial charge in [-0.25, -0.2) is 4.68 Å². The molecule has 0 unspecified atom stereocenters. The summed E-state index contributed by atoms with van der Waals surface area (Å²) in [5.74, 6) is 0.162. The van der Waals surface area contributed by atoms with E-state index in [-0.39, 0.29) is 18.0 Å². The number of likely N-dealkylation sites (tertiary alicyclic amines) is 1. The van der Waals surface area contributed by atoms with Crippen LogP contribution in [0.5, 0.6) is 0 Å². The van der Waals surface area contributed by atoms with Gasteiger partial charge in [-0.05, 0) is 42.2 Å². The lowest BCUT2D eigenvalue weighted by Gasteiger charge is -2.26. The van der Waals surface area contributed by atoms with Crippen LogP contribution in [0.1, 0.15) is 62.1 Å². The maximum absolute atomic E-state index is 13.2. The Morgan fingerprint density at radius 1 is 1.21 bits per heavy atom. The molecule has 1 saturated heterocycles. The number of nitrogens with one attached hydrogen (secondary N) is 1. The number of aryl methyl sites for hydroxylation is 1. The Morgan fingerprint density at radius 2 is 2.04 bits per heavy atom. The number of tetrazole rings is 1. The molecular weight excluding hydrogens is 352 g/mol. The summed E-state index contributed by atoms with van der Waals surface area (Å²) in [6, 6.07) is 8.83. The first-order valence-electron chi connectivity index (χ1n) is 10.5. The van der Waals surface area contributed by atoms with Crippen LogP contribution < -0.4 is 5.32 Å². The predicted octanol–water partition coefficient (Wildman–Crippen LogP) is 2.64. The Balaban J connectivity index is 1.48. The van der Waals surface area contributed by atoms with Crippen LogP contribution >= 0.6 is 0 Å². The molecule has 1 aromatic heterocycles. The molecule has 1 aliphatic carbocycles. The SMILES string of the molecule is Cc1cccc(CN2C[C@H](n3cnnn3)C[C@H]2C(=O)NC2CCCCCC2)c1. The molecule has 1 amide bonds. The van der Waals surface area contributed by atoms with Crippen LogP contribution in [0.25, 0.3) is 0 Å². The number of benzene rings is 1. The van der Waals surface area contributed by atoms with Crippen LogP contribution in [0.2, 0.25) is 0 Å². The predicted molar refractivity (Wildman–Crippen MR) is 106 cm³/mol. The summed E-state index contributed by atoms with van der Waals surface area (Å²) in [7, 11) is 0. The van der Waals surface area contributed by atoms with Crippen molar-refractivity contribution < 1.29 is 4.79 Å². The van der Waals surface area contributed by atoms with E-state index in [2.05, 4.69) is 56.9 Å². The fourth-order valence-electron chi connectivity index (χ4n) is 4.62. The molecular formula is C21H30N6O. The van der Waals surface area contributed by atoms with Crippen LogP contribution in [0, 0.1) is 6.92 Å². The molecule has 2 atom stereocenters. The maximum Gasteiger partial charge on any atom is 0.237 e. The molecule has 4 rings (SSSR count). The zero-order valence-corrected chi connectivity index (χ0v) is 16.6. The summed E-state index contributed by atoms with van der Waals surface area (Å²) in [6.45, 7) is 3.65. The van der Waals surface area contributed by atoms with Crippen molar-refractivity contribution in [3.63, 3.8) is 0 Å². The molecule has 1 aliphatic heterocycles. The van der Waals surface area contributed by atoms with E-state index in [0.29, 0.717) is 6.04 Å². The zero-order valence-electron chi connectivity index (χ0n) is 16.6. The molecule has 0 radical (unpaired) electrons. The Kier molecular flexibility index (Phi) is 6.00. The molecule has 1 N–H and O–H groups in total. The van der Waals surface area contributed by atoms with E-state index in [4.69, 9.17) is 0 Å². The van der Waals surface area contributed by atoms with Gasteiger partial charge in [0.25, 0.3) is 0 Å². The van der Waals surface area contributed by atoms with E-state index in [1.54, 1.807) is 11.0 Å². The normalized spacial score (nSPS) is 24.2. The van der Waals surface area contributed by atoms with E-state index < -0.39 is 0 Å². The van der Waals surface area contributed by atoms with E-state index >= 15 is 0 Å². The van der Waals surface area contributed by atoms with Gasteiger partial charge in [-0.2, -0.15) is 0 Å². The monoisotopic (exact) mass is 382 g/mol. The van der Waals surface area contributed by atoms with Gasteiger partial charge in [-0.15, -0.1) is 5.10 Å². The molecule has 7 heteroatoms. The average molecular weight is 383 g/mol. The molecule has 1 aromatic carbocycles. The number of amides is 1. The molecule has 2 heterocycles. The first kappa shape index (κ1) is 19.1. The topological polar surface area (TPSA) is 75.9 Å². The molecule has 150 valence electrons. The third-order valence-corrected chi connectivity index (χ3v) is 6.09. The minimum atomic E-state index is -0.141. The maximum atomic E-state index is 13.2. The van der Waals surface area contributed by atoms with Gasteiger partial charge >= 0.3 is 0 Å². The Bertz CT molecular complexity index is 769. The fourth-order valence-corrected chi connectivity index (χ4v) is 4.62. The molecule has 1 saturated carbocycles. The quantitative estimate of drug-likeness (QED) is 0.805. The van der Waals surface area contributed by atoms with E-state index in [9.17, 15) is 4.79 Å². The molecule has 2 aliphatic rings. The second kappa shape index (κ2) is 8.82. The number of carbonyl (C=O) groups excluding carboxylic acids is 1. The van der Waals surface area contributed by atoms with Crippen LogP contribution in [0.15, 0.2) is 30.6 Å². The number of hydrogen-bond donors (Lipinski definition) is 1. The summed E-state index contributed by atoms with van der Waals surface area (Å²) in [5.41, 5.74) is 2.48. The highest BCUT2D eigenvalue weighted by atomic mass is 16.2. The Labute approximate surface area is 166 Å². The number of nitrogens with zero attached hydrogens (tertiary/aromatic N) is 5. The van der Waals surface area contributed by atoms with Crippen molar-refractivity contribution in [2.24, 2.45) is 0 Å². The molecule has 0 spiro atoms. The number of rotatable bonds is 5. The van der Waals surface area contributed by atoms with Crippen molar-refractivity contribution in [2.75, 3.05) is 6.54 Å². The van der Waals surface area contributed by atoms with Crippen LogP contribution in [-0.2, 0) is 11.3 Å². The van der Waals surface area contributed by atoms with E-state index in [1.165, 1.54) is 36.8 Å². The first-order valence-corrected chi connectivity index (χ1v) is 10.5. The van der Waals surface area contributed by atoms with Gasteiger partial charge in [0, 0.05) is 19.1 Å². The van der Waals surface area contributed by atoms with Crippen LogP contribution in [-0.4, -0.2) is 49.6 Å². The molecule has 2 fully saturated rings. The van der Waals surface area contributed by atoms with Gasteiger partial charge in [0.15, 0.2) is 0 Å². The van der Waals surface area contributed by atoms with Crippen molar-refractivity contribution in [1.29, 1.82) is 0 Å². The highest BCUT2D eigenvalue weighted by Crippen LogP contribution is 2.29. The third kappa shape index (κ3) is 4.58. The lowest BCUT2D eigenvalue weighted by Crippen LogP contribution is -2.46. The highest BCUT2D eigenvalue weighted by molar-refractivity contribution is 5.82. The minimum Gasteiger partial charge on any atom is -0.352 e. The zero-order chi connectivity index (χ0) is 19.3. The van der Waals surface area contributed by atoms with Gasteiger partial charge in [0.1, 0.15) is 6.33 Å². The summed E-state index contributed by atoms with van der Waals surface area (Å²) < 4.78 is 1.79. The van der Waals surface area contributed by atoms with Gasteiger partial charge in [-0.3, -0.25) is 9.69 Å². The van der Waals surface area contributed by atoms with E-state index in [1.807, 2.05) is 0 Å². The minimum absolute atomic E-state index is 0.129. The largest absolute Gasteiger partial charge is 0.352 e. The van der Waals surface area contributed by atoms with Gasteiger partial charge in [0.05, 0.1) is 12.1 Å². The second-order valence-electron chi connectivity index (χ2n) is 8.31. The molecule has 7 nitrogen and oxygen atoms in total. The van der Waals surface area contributed by atoms with Gasteiger partial charge in [-0.1, -0.05) is 55.5 Å². The summed E-state index contributed by atoms with van der Waals surface area (Å²) in [5, 5.41) is 15.0. The lowest BCUT2D eigenvalue weighted by molar-refractivity contribution is -0.126. The van der Waals surface area contributed by atoms with Gasteiger partial charge < -0.3 is 5.32 Å². The van der Waals surface area contributed by atoms with Crippen molar-refractivity contribution in [3.05, 3.63) is 41.7 Å².